The molecule has 2 saturated carbocycles. The van der Waals surface area contributed by atoms with E-state index in [0.717, 1.165) is 30.2 Å². The van der Waals surface area contributed by atoms with E-state index >= 15 is 0 Å². The van der Waals surface area contributed by atoms with Gasteiger partial charge < -0.3 is 10.0 Å². The maximum absolute atomic E-state index is 11.1. The van der Waals surface area contributed by atoms with Crippen LogP contribution in [0.25, 0.3) is 0 Å². The summed E-state index contributed by atoms with van der Waals surface area (Å²) >= 11 is 0. The molecule has 2 aliphatic rings. The van der Waals surface area contributed by atoms with Gasteiger partial charge in [0.1, 0.15) is 17.7 Å². The van der Waals surface area contributed by atoms with E-state index in [1.54, 1.807) is 18.9 Å². The molecule has 0 aromatic carbocycles. The third kappa shape index (κ3) is 2.55. The van der Waals surface area contributed by atoms with E-state index in [2.05, 4.69) is 9.97 Å². The SMILES string of the molecule is C[C@@H](C(=O)O)N(C)c1cc(C2CC2)nc(C2CC2)n1. The molecule has 1 heterocycles. The summed E-state index contributed by atoms with van der Waals surface area (Å²) < 4.78 is 0. The molecule has 5 nitrogen and oxygen atoms in total. The lowest BCUT2D eigenvalue weighted by Crippen LogP contribution is -2.36. The van der Waals surface area contributed by atoms with Crippen molar-refractivity contribution in [2.24, 2.45) is 0 Å². The zero-order valence-corrected chi connectivity index (χ0v) is 11.3. The van der Waals surface area contributed by atoms with Gasteiger partial charge in [-0.3, -0.25) is 0 Å². The predicted octanol–water partition coefficient (Wildman–Crippen LogP) is 2.14. The summed E-state index contributed by atoms with van der Waals surface area (Å²) in [5.41, 5.74) is 1.09. The van der Waals surface area contributed by atoms with Crippen LogP contribution in [0.1, 0.15) is 56.0 Å². The minimum Gasteiger partial charge on any atom is -0.480 e. The summed E-state index contributed by atoms with van der Waals surface area (Å²) in [4.78, 5) is 22.0. The maximum atomic E-state index is 11.1. The second-order valence-electron chi connectivity index (χ2n) is 5.68. The molecule has 0 saturated heterocycles. The second kappa shape index (κ2) is 4.47. The molecule has 0 aliphatic heterocycles. The van der Waals surface area contributed by atoms with Gasteiger partial charge in [0, 0.05) is 30.6 Å². The molecule has 0 spiro atoms. The van der Waals surface area contributed by atoms with Crippen molar-refractivity contribution in [2.75, 3.05) is 11.9 Å². The highest BCUT2D eigenvalue weighted by atomic mass is 16.4. The standard InChI is InChI=1S/C14H19N3O2/c1-8(14(18)19)17(2)12-7-11(9-3-4-9)15-13(16-12)10-5-6-10/h7-10H,3-6H2,1-2H3,(H,18,19)/t8-/m0/s1. The van der Waals surface area contributed by atoms with Gasteiger partial charge in [-0.15, -0.1) is 0 Å². The first-order chi connectivity index (χ1) is 9.06. The number of likely N-dealkylation sites (N-methyl/N-ethyl adjacent to an activating group) is 1. The minimum absolute atomic E-state index is 0.492. The van der Waals surface area contributed by atoms with Gasteiger partial charge in [0.25, 0.3) is 0 Å². The van der Waals surface area contributed by atoms with Crippen LogP contribution in [0.3, 0.4) is 0 Å². The number of carboxylic acids is 1. The van der Waals surface area contributed by atoms with Crippen molar-refractivity contribution in [1.82, 2.24) is 9.97 Å². The average molecular weight is 261 g/mol. The van der Waals surface area contributed by atoms with E-state index in [9.17, 15) is 4.79 Å². The zero-order valence-electron chi connectivity index (χ0n) is 11.3. The van der Waals surface area contributed by atoms with Crippen molar-refractivity contribution in [1.29, 1.82) is 0 Å². The van der Waals surface area contributed by atoms with E-state index in [1.165, 1.54) is 12.8 Å². The fourth-order valence-electron chi connectivity index (χ4n) is 2.13. The van der Waals surface area contributed by atoms with Gasteiger partial charge in [0.05, 0.1) is 0 Å². The van der Waals surface area contributed by atoms with Crippen LogP contribution in [0.15, 0.2) is 6.07 Å². The van der Waals surface area contributed by atoms with E-state index < -0.39 is 12.0 Å². The highest BCUT2D eigenvalue weighted by Gasteiger charge is 2.32. The van der Waals surface area contributed by atoms with E-state index in [0.29, 0.717) is 11.8 Å². The van der Waals surface area contributed by atoms with E-state index in [1.807, 2.05) is 6.07 Å². The number of rotatable bonds is 5. The molecule has 2 aliphatic carbocycles. The summed E-state index contributed by atoms with van der Waals surface area (Å²) in [6.45, 7) is 1.68. The van der Waals surface area contributed by atoms with Crippen LogP contribution in [-0.4, -0.2) is 34.1 Å². The Morgan fingerprint density at radius 1 is 1.32 bits per heavy atom. The Morgan fingerprint density at radius 3 is 2.47 bits per heavy atom. The smallest absolute Gasteiger partial charge is 0.326 e. The molecule has 3 rings (SSSR count). The van der Waals surface area contributed by atoms with Gasteiger partial charge in [-0.25, -0.2) is 14.8 Å². The molecule has 0 radical (unpaired) electrons. The molecule has 1 N–H and O–H groups in total. The van der Waals surface area contributed by atoms with Crippen molar-refractivity contribution in [3.63, 3.8) is 0 Å². The molecule has 1 aromatic heterocycles. The van der Waals surface area contributed by atoms with Crippen molar-refractivity contribution >= 4 is 11.8 Å². The third-order valence-corrected chi connectivity index (χ3v) is 3.99. The fourth-order valence-corrected chi connectivity index (χ4v) is 2.13. The molecule has 2 fully saturated rings. The van der Waals surface area contributed by atoms with Crippen LogP contribution >= 0.6 is 0 Å². The predicted molar refractivity (Wildman–Crippen MR) is 71.5 cm³/mol. The molecular formula is C14H19N3O2. The molecule has 5 heteroatoms. The topological polar surface area (TPSA) is 66.3 Å². The molecule has 19 heavy (non-hydrogen) atoms. The minimum atomic E-state index is -0.831. The highest BCUT2D eigenvalue weighted by Crippen LogP contribution is 2.43. The Morgan fingerprint density at radius 2 is 1.95 bits per heavy atom. The van der Waals surface area contributed by atoms with Crippen molar-refractivity contribution in [2.45, 2.75) is 50.5 Å². The Hall–Kier alpha value is -1.65. The van der Waals surface area contributed by atoms with Crippen LogP contribution < -0.4 is 4.90 Å². The first-order valence-corrected chi connectivity index (χ1v) is 6.90. The lowest BCUT2D eigenvalue weighted by molar-refractivity contribution is -0.138. The summed E-state index contributed by atoms with van der Waals surface area (Å²) in [5.74, 6) is 1.87. The van der Waals surface area contributed by atoms with Crippen LogP contribution in [0.4, 0.5) is 5.82 Å². The fraction of sp³-hybridized carbons (Fsp3) is 0.643. The van der Waals surface area contributed by atoms with Gasteiger partial charge in [0.2, 0.25) is 0 Å². The molecule has 1 aromatic rings. The van der Waals surface area contributed by atoms with Crippen molar-refractivity contribution in [3.05, 3.63) is 17.6 Å². The normalized spacial score (nSPS) is 20.1. The molecule has 0 unspecified atom stereocenters. The first kappa shape index (κ1) is 12.4. The Labute approximate surface area is 112 Å². The quantitative estimate of drug-likeness (QED) is 0.879. The first-order valence-electron chi connectivity index (χ1n) is 6.90. The number of aliphatic carboxylic acids is 1. The van der Waals surface area contributed by atoms with Gasteiger partial charge in [-0.1, -0.05) is 0 Å². The lowest BCUT2D eigenvalue weighted by atomic mass is 10.2. The number of carboxylic acid groups (broad SMARTS) is 1. The zero-order chi connectivity index (χ0) is 13.6. The van der Waals surface area contributed by atoms with E-state index in [-0.39, 0.29) is 0 Å². The number of hydrogen-bond donors (Lipinski definition) is 1. The number of aromatic nitrogens is 2. The largest absolute Gasteiger partial charge is 0.480 e. The van der Waals surface area contributed by atoms with Crippen LogP contribution in [0.5, 0.6) is 0 Å². The van der Waals surface area contributed by atoms with Gasteiger partial charge >= 0.3 is 5.97 Å². The number of hydrogen-bond acceptors (Lipinski definition) is 4. The summed E-state index contributed by atoms with van der Waals surface area (Å²) in [6, 6.07) is 1.39. The molecular weight excluding hydrogens is 242 g/mol. The molecule has 1 atom stereocenters. The number of carbonyl (C=O) groups is 1. The molecule has 0 bridgehead atoms. The molecule has 102 valence electrons. The number of nitrogens with zero attached hydrogens (tertiary/aromatic N) is 3. The highest BCUT2D eigenvalue weighted by molar-refractivity contribution is 5.77. The summed E-state index contributed by atoms with van der Waals surface area (Å²) in [5, 5.41) is 9.11. The summed E-state index contributed by atoms with van der Waals surface area (Å²) in [6.07, 6.45) is 4.70. The van der Waals surface area contributed by atoms with Crippen LogP contribution in [-0.2, 0) is 4.79 Å². The van der Waals surface area contributed by atoms with Crippen LogP contribution in [0, 0.1) is 0 Å². The Kier molecular flexibility index (Phi) is 2.92. The lowest BCUT2D eigenvalue weighted by Gasteiger charge is -2.23. The van der Waals surface area contributed by atoms with Crippen molar-refractivity contribution < 1.29 is 9.90 Å². The van der Waals surface area contributed by atoms with Crippen molar-refractivity contribution in [3.8, 4) is 0 Å². The summed E-state index contributed by atoms with van der Waals surface area (Å²) in [7, 11) is 1.79. The average Bonchev–Trinajstić information content (AvgIpc) is 3.29. The van der Waals surface area contributed by atoms with Gasteiger partial charge in [-0.2, -0.15) is 0 Å². The Balaban J connectivity index is 1.92. The monoisotopic (exact) mass is 261 g/mol. The third-order valence-electron chi connectivity index (χ3n) is 3.99. The van der Waals surface area contributed by atoms with E-state index in [4.69, 9.17) is 5.11 Å². The number of anilines is 1. The molecule has 0 amide bonds. The van der Waals surface area contributed by atoms with Gasteiger partial charge in [-0.05, 0) is 32.6 Å². The maximum Gasteiger partial charge on any atom is 0.326 e. The Bertz CT molecular complexity index is 479. The van der Waals surface area contributed by atoms with Crippen LogP contribution in [0.2, 0.25) is 0 Å². The second-order valence-corrected chi connectivity index (χ2v) is 5.68. The van der Waals surface area contributed by atoms with Gasteiger partial charge in [0.15, 0.2) is 0 Å².